The molecule has 0 saturated heterocycles. The van der Waals surface area contributed by atoms with Gasteiger partial charge >= 0.3 is 0 Å². The average molecular weight is 242 g/mol. The van der Waals surface area contributed by atoms with Gasteiger partial charge in [0.25, 0.3) is 0 Å². The second-order valence-corrected chi connectivity index (χ2v) is 4.84. The summed E-state index contributed by atoms with van der Waals surface area (Å²) < 4.78 is 10.9. The van der Waals surface area contributed by atoms with Crippen molar-refractivity contribution in [3.05, 3.63) is 35.4 Å². The van der Waals surface area contributed by atoms with Gasteiger partial charge in [0.05, 0.1) is 14.2 Å². The summed E-state index contributed by atoms with van der Waals surface area (Å²) in [4.78, 5) is 0. The van der Waals surface area contributed by atoms with Gasteiger partial charge in [-0.25, -0.2) is 0 Å². The molecule has 0 aromatic heterocycles. The number of fused-ring (bicyclic) bond motifs is 2. The lowest BCUT2D eigenvalue weighted by Gasteiger charge is -2.18. The van der Waals surface area contributed by atoms with Crippen LogP contribution in [0.2, 0.25) is 0 Å². The summed E-state index contributed by atoms with van der Waals surface area (Å²) >= 11 is 0. The van der Waals surface area contributed by atoms with Crippen molar-refractivity contribution >= 4 is 10.8 Å². The van der Waals surface area contributed by atoms with E-state index in [2.05, 4.69) is 12.1 Å². The van der Waals surface area contributed by atoms with Gasteiger partial charge in [-0.2, -0.15) is 0 Å². The second kappa shape index (κ2) is 4.52. The highest BCUT2D eigenvalue weighted by Crippen LogP contribution is 2.36. The maximum Gasteiger partial charge on any atom is 0.126 e. The quantitative estimate of drug-likeness (QED) is 0.798. The Hall–Kier alpha value is -1.70. The summed E-state index contributed by atoms with van der Waals surface area (Å²) in [5, 5.41) is 2.33. The van der Waals surface area contributed by atoms with E-state index in [9.17, 15) is 0 Å². The number of hydrogen-bond acceptors (Lipinski definition) is 2. The molecule has 3 rings (SSSR count). The summed E-state index contributed by atoms with van der Waals surface area (Å²) in [5.74, 6) is 1.86. The molecule has 1 aliphatic carbocycles. The summed E-state index contributed by atoms with van der Waals surface area (Å²) in [5.41, 5.74) is 2.95. The Morgan fingerprint density at radius 2 is 1.22 bits per heavy atom. The van der Waals surface area contributed by atoms with Crippen molar-refractivity contribution < 1.29 is 9.47 Å². The molecule has 18 heavy (non-hydrogen) atoms. The molecule has 0 spiro atoms. The maximum absolute atomic E-state index is 5.46. The Balaban J connectivity index is 2.30. The highest BCUT2D eigenvalue weighted by molar-refractivity contribution is 5.94. The average Bonchev–Trinajstić information content (AvgIpc) is 2.44. The SMILES string of the molecule is COc1ccc(OC)c2cc3c(cc12)CCCC3. The van der Waals surface area contributed by atoms with E-state index >= 15 is 0 Å². The van der Waals surface area contributed by atoms with Crippen LogP contribution >= 0.6 is 0 Å². The van der Waals surface area contributed by atoms with Crippen LogP contribution in [-0.2, 0) is 12.8 Å². The second-order valence-electron chi connectivity index (χ2n) is 4.84. The molecule has 0 amide bonds. The molecule has 2 aromatic rings. The fraction of sp³-hybridized carbons (Fsp3) is 0.375. The van der Waals surface area contributed by atoms with Crippen LogP contribution in [0.15, 0.2) is 24.3 Å². The Morgan fingerprint density at radius 3 is 1.61 bits per heavy atom. The summed E-state index contributed by atoms with van der Waals surface area (Å²) in [6, 6.07) is 8.53. The first kappa shape index (κ1) is 11.4. The van der Waals surface area contributed by atoms with Crippen LogP contribution in [0.1, 0.15) is 24.0 Å². The normalized spacial score (nSPS) is 14.3. The summed E-state index contributed by atoms with van der Waals surface area (Å²) in [6.45, 7) is 0. The molecular weight excluding hydrogens is 224 g/mol. The van der Waals surface area contributed by atoms with Gasteiger partial charge in [-0.3, -0.25) is 0 Å². The van der Waals surface area contributed by atoms with Crippen LogP contribution in [0.5, 0.6) is 11.5 Å². The van der Waals surface area contributed by atoms with Gasteiger partial charge in [-0.05, 0) is 61.1 Å². The van der Waals surface area contributed by atoms with Crippen molar-refractivity contribution in [1.82, 2.24) is 0 Å². The van der Waals surface area contributed by atoms with Crippen molar-refractivity contribution in [2.75, 3.05) is 14.2 Å². The molecule has 94 valence electrons. The van der Waals surface area contributed by atoms with Crippen LogP contribution in [0.25, 0.3) is 10.8 Å². The predicted molar refractivity (Wildman–Crippen MR) is 73.7 cm³/mol. The highest BCUT2D eigenvalue weighted by atomic mass is 16.5. The van der Waals surface area contributed by atoms with E-state index in [1.807, 2.05) is 12.1 Å². The zero-order chi connectivity index (χ0) is 12.5. The first-order chi connectivity index (χ1) is 8.83. The molecule has 0 bridgehead atoms. The monoisotopic (exact) mass is 242 g/mol. The minimum Gasteiger partial charge on any atom is -0.496 e. The van der Waals surface area contributed by atoms with E-state index < -0.39 is 0 Å². The third kappa shape index (κ3) is 1.72. The molecule has 2 aromatic carbocycles. The van der Waals surface area contributed by atoms with E-state index in [0.29, 0.717) is 0 Å². The summed E-state index contributed by atoms with van der Waals surface area (Å²) in [7, 11) is 3.45. The molecule has 0 saturated carbocycles. The standard InChI is InChI=1S/C16H18O2/c1-17-15-7-8-16(18-2)14-10-12-6-4-3-5-11(12)9-13(14)15/h7-10H,3-6H2,1-2H3. The fourth-order valence-corrected chi connectivity index (χ4v) is 2.88. The lowest BCUT2D eigenvalue weighted by molar-refractivity contribution is 0.410. The van der Waals surface area contributed by atoms with Gasteiger partial charge < -0.3 is 9.47 Å². The molecular formula is C16H18O2. The van der Waals surface area contributed by atoms with Gasteiger partial charge in [-0.15, -0.1) is 0 Å². The first-order valence-electron chi connectivity index (χ1n) is 6.50. The number of aryl methyl sites for hydroxylation is 2. The van der Waals surface area contributed by atoms with E-state index in [1.165, 1.54) is 36.8 Å². The molecule has 0 aliphatic heterocycles. The Morgan fingerprint density at radius 1 is 0.778 bits per heavy atom. The third-order valence-corrected chi connectivity index (χ3v) is 3.84. The van der Waals surface area contributed by atoms with Gasteiger partial charge in [0.1, 0.15) is 11.5 Å². The van der Waals surface area contributed by atoms with Crippen LogP contribution in [-0.4, -0.2) is 14.2 Å². The molecule has 1 aliphatic rings. The minimum atomic E-state index is 0.930. The first-order valence-corrected chi connectivity index (χ1v) is 6.50. The number of hydrogen-bond donors (Lipinski definition) is 0. The van der Waals surface area contributed by atoms with E-state index in [-0.39, 0.29) is 0 Å². The Bertz CT molecular complexity index is 535. The third-order valence-electron chi connectivity index (χ3n) is 3.84. The number of rotatable bonds is 2. The molecule has 2 heteroatoms. The zero-order valence-electron chi connectivity index (χ0n) is 11.0. The van der Waals surface area contributed by atoms with Crippen molar-refractivity contribution in [3.63, 3.8) is 0 Å². The molecule has 2 nitrogen and oxygen atoms in total. The molecule has 0 fully saturated rings. The number of ether oxygens (including phenoxy) is 2. The van der Waals surface area contributed by atoms with E-state index in [4.69, 9.17) is 9.47 Å². The molecule has 0 unspecified atom stereocenters. The minimum absolute atomic E-state index is 0.930. The molecule has 0 heterocycles. The van der Waals surface area contributed by atoms with E-state index in [1.54, 1.807) is 14.2 Å². The van der Waals surface area contributed by atoms with Crippen LogP contribution in [0, 0.1) is 0 Å². The molecule has 0 radical (unpaired) electrons. The number of benzene rings is 2. The van der Waals surface area contributed by atoms with Gasteiger partial charge in [0, 0.05) is 10.8 Å². The maximum atomic E-state index is 5.46. The van der Waals surface area contributed by atoms with Crippen molar-refractivity contribution in [2.24, 2.45) is 0 Å². The number of methoxy groups -OCH3 is 2. The Kier molecular flexibility index (Phi) is 2.86. The highest BCUT2D eigenvalue weighted by Gasteiger charge is 2.14. The van der Waals surface area contributed by atoms with Crippen LogP contribution < -0.4 is 9.47 Å². The van der Waals surface area contributed by atoms with Crippen molar-refractivity contribution in [2.45, 2.75) is 25.7 Å². The van der Waals surface area contributed by atoms with Gasteiger partial charge in [0.2, 0.25) is 0 Å². The van der Waals surface area contributed by atoms with Crippen molar-refractivity contribution in [3.8, 4) is 11.5 Å². The van der Waals surface area contributed by atoms with Crippen molar-refractivity contribution in [1.29, 1.82) is 0 Å². The molecule has 0 atom stereocenters. The predicted octanol–water partition coefficient (Wildman–Crippen LogP) is 3.74. The summed E-state index contributed by atoms with van der Waals surface area (Å²) in [6.07, 6.45) is 4.97. The lowest BCUT2D eigenvalue weighted by atomic mass is 9.89. The van der Waals surface area contributed by atoms with E-state index in [0.717, 1.165) is 22.3 Å². The largest absolute Gasteiger partial charge is 0.496 e. The van der Waals surface area contributed by atoms with Gasteiger partial charge in [0.15, 0.2) is 0 Å². The van der Waals surface area contributed by atoms with Crippen LogP contribution in [0.3, 0.4) is 0 Å². The fourth-order valence-electron chi connectivity index (χ4n) is 2.88. The lowest BCUT2D eigenvalue weighted by Crippen LogP contribution is -2.03. The zero-order valence-corrected chi connectivity index (χ0v) is 11.0. The van der Waals surface area contributed by atoms with Gasteiger partial charge in [-0.1, -0.05) is 0 Å². The van der Waals surface area contributed by atoms with Crippen LogP contribution in [0.4, 0.5) is 0 Å². The molecule has 0 N–H and O–H groups in total. The smallest absolute Gasteiger partial charge is 0.126 e. The topological polar surface area (TPSA) is 18.5 Å². The Labute approximate surface area is 108 Å².